The fraction of sp³-hybridized carbons (Fsp3) is 0.440. The molecule has 1 aliphatic rings. The van der Waals surface area contributed by atoms with Crippen molar-refractivity contribution in [1.82, 2.24) is 10.2 Å². The van der Waals surface area contributed by atoms with Gasteiger partial charge in [0.25, 0.3) is 0 Å². The zero-order chi connectivity index (χ0) is 22.9. The summed E-state index contributed by atoms with van der Waals surface area (Å²) in [4.78, 5) is 27.9. The number of hydrogen-bond acceptors (Lipinski definition) is 3. The molecule has 0 aromatic heterocycles. The number of thioether (sulfide) groups is 1. The summed E-state index contributed by atoms with van der Waals surface area (Å²) in [5.41, 5.74) is 2.12. The van der Waals surface area contributed by atoms with Gasteiger partial charge < -0.3 is 10.2 Å². The third kappa shape index (κ3) is 7.82. The number of hydrogen-bond donors (Lipinski definition) is 1. The van der Waals surface area contributed by atoms with Crippen LogP contribution >= 0.6 is 39.3 Å². The van der Waals surface area contributed by atoms with Gasteiger partial charge in [0, 0.05) is 27.8 Å². The van der Waals surface area contributed by atoms with E-state index in [0.29, 0.717) is 17.3 Å². The third-order valence-corrected chi connectivity index (χ3v) is 7.56. The van der Waals surface area contributed by atoms with Crippen LogP contribution in [0.2, 0.25) is 5.02 Å². The lowest BCUT2D eigenvalue weighted by atomic mass is 9.95. The molecule has 4 nitrogen and oxygen atoms in total. The summed E-state index contributed by atoms with van der Waals surface area (Å²) in [7, 11) is 0. The van der Waals surface area contributed by atoms with E-state index < -0.39 is 6.04 Å². The molecule has 1 fully saturated rings. The molecule has 0 saturated heterocycles. The van der Waals surface area contributed by atoms with Crippen molar-refractivity contribution in [1.29, 1.82) is 0 Å². The Balaban J connectivity index is 1.64. The molecule has 1 atom stereocenters. The van der Waals surface area contributed by atoms with Gasteiger partial charge in [-0.25, -0.2) is 0 Å². The van der Waals surface area contributed by atoms with Gasteiger partial charge in [0.05, 0.1) is 5.75 Å². The second kappa shape index (κ2) is 12.7. The third-order valence-electron chi connectivity index (χ3n) is 5.79. The van der Waals surface area contributed by atoms with Gasteiger partial charge in [0.1, 0.15) is 6.04 Å². The first-order valence-corrected chi connectivity index (χ1v) is 13.4. The minimum atomic E-state index is -0.524. The molecule has 0 heterocycles. The first-order chi connectivity index (χ1) is 15.4. The molecular weight excluding hydrogens is 508 g/mol. The molecule has 2 aromatic carbocycles. The normalized spacial score (nSPS) is 15.2. The quantitative estimate of drug-likeness (QED) is 0.414. The Hall–Kier alpha value is -1.50. The average Bonchev–Trinajstić information content (AvgIpc) is 2.80. The highest BCUT2D eigenvalue weighted by Crippen LogP contribution is 2.20. The molecule has 0 spiro atoms. The van der Waals surface area contributed by atoms with Crippen LogP contribution in [0.5, 0.6) is 0 Å². The summed E-state index contributed by atoms with van der Waals surface area (Å²) >= 11 is 11.0. The topological polar surface area (TPSA) is 49.4 Å². The summed E-state index contributed by atoms with van der Waals surface area (Å²) in [6.07, 6.45) is 5.59. The van der Waals surface area contributed by atoms with Crippen LogP contribution < -0.4 is 5.32 Å². The predicted octanol–water partition coefficient (Wildman–Crippen LogP) is 6.20. The van der Waals surface area contributed by atoms with Crippen LogP contribution in [0.4, 0.5) is 0 Å². The van der Waals surface area contributed by atoms with Crippen molar-refractivity contribution in [3.63, 3.8) is 0 Å². The molecular formula is C25H30BrClN2O2S. The Bertz CT molecular complexity index is 886. The minimum Gasteiger partial charge on any atom is -0.352 e. The van der Waals surface area contributed by atoms with Crippen LogP contribution in [-0.2, 0) is 21.9 Å². The van der Waals surface area contributed by atoms with Crippen LogP contribution in [0.3, 0.4) is 0 Å². The van der Waals surface area contributed by atoms with Gasteiger partial charge in [-0.3, -0.25) is 9.59 Å². The van der Waals surface area contributed by atoms with E-state index in [2.05, 4.69) is 21.2 Å². The number of benzene rings is 2. The van der Waals surface area contributed by atoms with E-state index in [0.717, 1.165) is 47.0 Å². The highest BCUT2D eigenvalue weighted by molar-refractivity contribution is 9.10. The number of nitrogens with one attached hydrogen (secondary N) is 1. The van der Waals surface area contributed by atoms with E-state index in [-0.39, 0.29) is 17.9 Å². The molecule has 1 aliphatic carbocycles. The summed E-state index contributed by atoms with van der Waals surface area (Å²) in [6, 6.07) is 15.2. The Labute approximate surface area is 208 Å². The van der Waals surface area contributed by atoms with Crippen LogP contribution in [0.15, 0.2) is 53.0 Å². The van der Waals surface area contributed by atoms with Crippen LogP contribution in [-0.4, -0.2) is 34.6 Å². The SMILES string of the molecule is CC(C(=O)NC1CCCCC1)N(Cc1ccc(Br)cc1)C(=O)CSCc1ccc(Cl)cc1. The van der Waals surface area contributed by atoms with Gasteiger partial charge in [-0.15, -0.1) is 11.8 Å². The fourth-order valence-corrected chi connectivity index (χ4v) is 5.12. The Morgan fingerprint density at radius 1 is 1.06 bits per heavy atom. The molecule has 0 bridgehead atoms. The molecule has 2 aromatic rings. The van der Waals surface area contributed by atoms with Crippen molar-refractivity contribution >= 4 is 51.1 Å². The van der Waals surface area contributed by atoms with E-state index in [1.807, 2.05) is 55.5 Å². The van der Waals surface area contributed by atoms with Crippen molar-refractivity contribution in [3.05, 3.63) is 69.2 Å². The van der Waals surface area contributed by atoms with Crippen molar-refractivity contribution < 1.29 is 9.59 Å². The number of carbonyl (C=O) groups excluding carboxylic acids is 2. The summed E-state index contributed by atoms with van der Waals surface area (Å²) < 4.78 is 0.987. The summed E-state index contributed by atoms with van der Waals surface area (Å²) in [5.74, 6) is 0.945. The highest BCUT2D eigenvalue weighted by atomic mass is 79.9. The van der Waals surface area contributed by atoms with E-state index >= 15 is 0 Å². The van der Waals surface area contributed by atoms with Crippen molar-refractivity contribution in [3.8, 4) is 0 Å². The molecule has 7 heteroatoms. The van der Waals surface area contributed by atoms with Crippen LogP contribution in [0.25, 0.3) is 0 Å². The molecule has 1 saturated carbocycles. The maximum absolute atomic E-state index is 13.2. The molecule has 0 aliphatic heterocycles. The molecule has 1 N–H and O–H groups in total. The lowest BCUT2D eigenvalue weighted by Gasteiger charge is -2.31. The minimum absolute atomic E-state index is 0.0295. The first kappa shape index (κ1) is 25.1. The largest absolute Gasteiger partial charge is 0.352 e. The molecule has 32 heavy (non-hydrogen) atoms. The van der Waals surface area contributed by atoms with Gasteiger partial charge in [0.15, 0.2) is 0 Å². The Morgan fingerprint density at radius 2 is 1.69 bits per heavy atom. The number of carbonyl (C=O) groups is 2. The molecule has 172 valence electrons. The zero-order valence-corrected chi connectivity index (χ0v) is 21.5. The standard InChI is InChI=1S/C25H30BrClN2O2S/c1-18(25(31)28-23-5-3-2-4-6-23)29(15-19-7-11-21(26)12-8-19)24(30)17-32-16-20-9-13-22(27)14-10-20/h7-14,18,23H,2-6,15-17H2,1H3,(H,28,31). The molecule has 3 rings (SSSR count). The number of halogens is 2. The Morgan fingerprint density at radius 3 is 2.34 bits per heavy atom. The van der Waals surface area contributed by atoms with Gasteiger partial charge in [-0.05, 0) is 55.2 Å². The summed E-state index contributed by atoms with van der Waals surface area (Å²) in [6.45, 7) is 2.24. The molecule has 0 radical (unpaired) electrons. The number of nitrogens with zero attached hydrogens (tertiary/aromatic N) is 1. The van der Waals surface area contributed by atoms with Crippen LogP contribution in [0.1, 0.15) is 50.2 Å². The zero-order valence-electron chi connectivity index (χ0n) is 18.4. The Kier molecular flexibility index (Phi) is 9.94. The second-order valence-electron chi connectivity index (χ2n) is 8.29. The second-order valence-corrected chi connectivity index (χ2v) is 10.6. The van der Waals surface area contributed by atoms with Gasteiger partial charge in [-0.2, -0.15) is 0 Å². The van der Waals surface area contributed by atoms with E-state index in [1.54, 1.807) is 16.7 Å². The molecule has 2 amide bonds. The van der Waals surface area contributed by atoms with Gasteiger partial charge in [-0.1, -0.05) is 71.1 Å². The van der Waals surface area contributed by atoms with Crippen LogP contribution in [0, 0.1) is 0 Å². The van der Waals surface area contributed by atoms with Crippen molar-refractivity contribution in [2.45, 2.75) is 63.4 Å². The molecule has 1 unspecified atom stereocenters. The van der Waals surface area contributed by atoms with E-state index in [1.165, 1.54) is 6.42 Å². The van der Waals surface area contributed by atoms with Crippen molar-refractivity contribution in [2.75, 3.05) is 5.75 Å². The smallest absolute Gasteiger partial charge is 0.242 e. The van der Waals surface area contributed by atoms with E-state index in [9.17, 15) is 9.59 Å². The van der Waals surface area contributed by atoms with Crippen molar-refractivity contribution in [2.24, 2.45) is 0 Å². The highest BCUT2D eigenvalue weighted by Gasteiger charge is 2.28. The maximum atomic E-state index is 13.2. The van der Waals surface area contributed by atoms with Gasteiger partial charge in [0.2, 0.25) is 11.8 Å². The average molecular weight is 538 g/mol. The first-order valence-electron chi connectivity index (χ1n) is 11.1. The number of rotatable bonds is 9. The fourth-order valence-electron chi connectivity index (χ4n) is 3.86. The lowest BCUT2D eigenvalue weighted by Crippen LogP contribution is -2.50. The van der Waals surface area contributed by atoms with Gasteiger partial charge >= 0.3 is 0 Å². The number of amides is 2. The maximum Gasteiger partial charge on any atom is 0.242 e. The monoisotopic (exact) mass is 536 g/mol. The lowest BCUT2D eigenvalue weighted by molar-refractivity contribution is -0.139. The summed E-state index contributed by atoms with van der Waals surface area (Å²) in [5, 5.41) is 3.88. The predicted molar refractivity (Wildman–Crippen MR) is 137 cm³/mol. The van der Waals surface area contributed by atoms with E-state index in [4.69, 9.17) is 11.6 Å².